The fraction of sp³-hybridized carbons (Fsp3) is 0.304. The van der Waals surface area contributed by atoms with Gasteiger partial charge in [0.25, 0.3) is 5.91 Å². The van der Waals surface area contributed by atoms with Crippen molar-refractivity contribution in [2.24, 2.45) is 0 Å². The SMILES string of the molecule is COc1ccc(C(=O)NC2CCC(Nc3ccnc4cc(Cl)ccc34)CC2)cc1. The molecule has 3 aromatic rings. The Morgan fingerprint density at radius 1 is 1.03 bits per heavy atom. The van der Waals surface area contributed by atoms with Crippen LogP contribution in [0.15, 0.2) is 54.7 Å². The van der Waals surface area contributed by atoms with E-state index in [1.165, 1.54) is 0 Å². The van der Waals surface area contributed by atoms with Gasteiger partial charge in [0.1, 0.15) is 5.75 Å². The number of benzene rings is 2. The van der Waals surface area contributed by atoms with Gasteiger partial charge in [0.05, 0.1) is 12.6 Å². The number of halogens is 1. The number of carbonyl (C=O) groups is 1. The second-order valence-corrected chi connectivity index (χ2v) is 7.85. The predicted octanol–water partition coefficient (Wildman–Crippen LogP) is 5.05. The summed E-state index contributed by atoms with van der Waals surface area (Å²) >= 11 is 6.08. The molecule has 0 aliphatic heterocycles. The van der Waals surface area contributed by atoms with Crippen molar-refractivity contribution in [1.82, 2.24) is 10.3 Å². The maximum Gasteiger partial charge on any atom is 0.251 e. The van der Waals surface area contributed by atoms with E-state index in [2.05, 4.69) is 15.6 Å². The lowest BCUT2D eigenvalue weighted by Gasteiger charge is -2.30. The zero-order chi connectivity index (χ0) is 20.2. The largest absolute Gasteiger partial charge is 0.497 e. The van der Waals surface area contributed by atoms with Crippen molar-refractivity contribution in [2.45, 2.75) is 37.8 Å². The minimum atomic E-state index is -0.0268. The van der Waals surface area contributed by atoms with Crippen LogP contribution in [0.25, 0.3) is 10.9 Å². The lowest BCUT2D eigenvalue weighted by molar-refractivity contribution is 0.0926. The maximum atomic E-state index is 12.5. The molecular formula is C23H24ClN3O2. The highest BCUT2D eigenvalue weighted by Gasteiger charge is 2.23. The van der Waals surface area contributed by atoms with E-state index < -0.39 is 0 Å². The van der Waals surface area contributed by atoms with Gasteiger partial charge >= 0.3 is 0 Å². The first-order valence-electron chi connectivity index (χ1n) is 9.88. The fourth-order valence-electron chi connectivity index (χ4n) is 3.86. The highest BCUT2D eigenvalue weighted by atomic mass is 35.5. The number of ether oxygens (including phenoxy) is 1. The molecule has 1 aliphatic rings. The van der Waals surface area contributed by atoms with E-state index >= 15 is 0 Å². The van der Waals surface area contributed by atoms with Crippen molar-refractivity contribution >= 4 is 34.1 Å². The van der Waals surface area contributed by atoms with Crippen LogP contribution in [0.3, 0.4) is 0 Å². The smallest absolute Gasteiger partial charge is 0.251 e. The molecule has 29 heavy (non-hydrogen) atoms. The quantitative estimate of drug-likeness (QED) is 0.619. The molecular weight excluding hydrogens is 386 g/mol. The summed E-state index contributed by atoms with van der Waals surface area (Å²) in [6.07, 6.45) is 5.72. The summed E-state index contributed by atoms with van der Waals surface area (Å²) in [6.45, 7) is 0. The molecule has 1 heterocycles. The Bertz CT molecular complexity index is 999. The van der Waals surface area contributed by atoms with Gasteiger partial charge in [0, 0.05) is 39.9 Å². The second kappa shape index (κ2) is 8.70. The van der Waals surface area contributed by atoms with Gasteiger partial charge in [0.2, 0.25) is 0 Å². The number of methoxy groups -OCH3 is 1. The van der Waals surface area contributed by atoms with Crippen LogP contribution >= 0.6 is 11.6 Å². The number of hydrogen-bond donors (Lipinski definition) is 2. The molecule has 0 unspecified atom stereocenters. The minimum absolute atomic E-state index is 0.0268. The lowest BCUT2D eigenvalue weighted by atomic mass is 9.90. The summed E-state index contributed by atoms with van der Waals surface area (Å²) < 4.78 is 5.14. The standard InChI is InChI=1S/C23H24ClN3O2/c1-29-19-9-2-15(3-10-19)23(28)27-18-7-5-17(6-8-18)26-21-12-13-25-22-14-16(24)4-11-20(21)22/h2-4,9-14,17-18H,5-8H2,1H3,(H,25,26)(H,27,28). The van der Waals surface area contributed by atoms with E-state index in [0.29, 0.717) is 16.6 Å². The van der Waals surface area contributed by atoms with Gasteiger partial charge in [-0.15, -0.1) is 0 Å². The number of nitrogens with one attached hydrogen (secondary N) is 2. The van der Waals surface area contributed by atoms with E-state index in [9.17, 15) is 4.79 Å². The number of anilines is 1. The maximum absolute atomic E-state index is 12.5. The zero-order valence-corrected chi connectivity index (χ0v) is 17.1. The van der Waals surface area contributed by atoms with Crippen LogP contribution in [0.5, 0.6) is 5.75 Å². The molecule has 1 fully saturated rings. The zero-order valence-electron chi connectivity index (χ0n) is 16.3. The van der Waals surface area contributed by atoms with Crippen LogP contribution in [0.1, 0.15) is 36.0 Å². The first-order valence-corrected chi connectivity index (χ1v) is 10.3. The van der Waals surface area contributed by atoms with Crippen LogP contribution in [-0.4, -0.2) is 30.1 Å². The number of nitrogens with zero attached hydrogens (tertiary/aromatic N) is 1. The molecule has 2 aromatic carbocycles. The number of rotatable bonds is 5. The number of aromatic nitrogens is 1. The van der Waals surface area contributed by atoms with Crippen molar-refractivity contribution in [2.75, 3.05) is 12.4 Å². The Hall–Kier alpha value is -2.79. The van der Waals surface area contributed by atoms with Crippen LogP contribution in [0.4, 0.5) is 5.69 Å². The van der Waals surface area contributed by atoms with Gasteiger partial charge in [-0.05, 0) is 74.2 Å². The second-order valence-electron chi connectivity index (χ2n) is 7.41. The van der Waals surface area contributed by atoms with E-state index in [0.717, 1.165) is 48.0 Å². The number of pyridine rings is 1. The van der Waals surface area contributed by atoms with Crippen molar-refractivity contribution in [3.05, 3.63) is 65.3 Å². The van der Waals surface area contributed by atoms with Crippen LogP contribution in [0.2, 0.25) is 5.02 Å². The van der Waals surface area contributed by atoms with Crippen molar-refractivity contribution in [3.8, 4) is 5.75 Å². The first-order chi connectivity index (χ1) is 14.1. The Labute approximate surface area is 175 Å². The lowest BCUT2D eigenvalue weighted by Crippen LogP contribution is -2.40. The molecule has 1 aliphatic carbocycles. The summed E-state index contributed by atoms with van der Waals surface area (Å²) in [5, 5.41) is 8.58. The highest BCUT2D eigenvalue weighted by molar-refractivity contribution is 6.31. The van der Waals surface area contributed by atoms with Crippen LogP contribution in [0, 0.1) is 0 Å². The molecule has 150 valence electrons. The van der Waals surface area contributed by atoms with E-state index in [4.69, 9.17) is 16.3 Å². The molecule has 1 saturated carbocycles. The van der Waals surface area contributed by atoms with E-state index in [1.54, 1.807) is 19.2 Å². The first kappa shape index (κ1) is 19.5. The molecule has 0 saturated heterocycles. The Kier molecular flexibility index (Phi) is 5.86. The topological polar surface area (TPSA) is 63.2 Å². The Morgan fingerprint density at radius 2 is 1.76 bits per heavy atom. The Morgan fingerprint density at radius 3 is 2.48 bits per heavy atom. The van der Waals surface area contributed by atoms with Gasteiger partial charge < -0.3 is 15.4 Å². The molecule has 0 atom stereocenters. The van der Waals surface area contributed by atoms with Gasteiger partial charge in [0.15, 0.2) is 0 Å². The average Bonchev–Trinajstić information content (AvgIpc) is 2.75. The summed E-state index contributed by atoms with van der Waals surface area (Å²) in [5.74, 6) is 0.722. The average molecular weight is 410 g/mol. The molecule has 5 nitrogen and oxygen atoms in total. The monoisotopic (exact) mass is 409 g/mol. The summed E-state index contributed by atoms with van der Waals surface area (Å²) in [7, 11) is 1.62. The number of hydrogen-bond acceptors (Lipinski definition) is 4. The third-order valence-electron chi connectivity index (χ3n) is 5.48. The van der Waals surface area contributed by atoms with Crippen LogP contribution in [-0.2, 0) is 0 Å². The fourth-order valence-corrected chi connectivity index (χ4v) is 4.03. The minimum Gasteiger partial charge on any atom is -0.497 e. The molecule has 0 radical (unpaired) electrons. The highest BCUT2D eigenvalue weighted by Crippen LogP contribution is 2.28. The predicted molar refractivity (Wildman–Crippen MR) is 117 cm³/mol. The molecule has 2 N–H and O–H groups in total. The molecule has 1 aromatic heterocycles. The van der Waals surface area contributed by atoms with E-state index in [1.807, 2.05) is 42.6 Å². The van der Waals surface area contributed by atoms with Gasteiger partial charge in [-0.25, -0.2) is 0 Å². The third kappa shape index (κ3) is 4.62. The van der Waals surface area contributed by atoms with E-state index in [-0.39, 0.29) is 11.9 Å². The van der Waals surface area contributed by atoms with Gasteiger partial charge in [-0.3, -0.25) is 9.78 Å². The van der Waals surface area contributed by atoms with Gasteiger partial charge in [-0.1, -0.05) is 11.6 Å². The Balaban J connectivity index is 1.33. The molecule has 0 bridgehead atoms. The molecule has 0 spiro atoms. The van der Waals surface area contributed by atoms with Crippen molar-refractivity contribution in [1.29, 1.82) is 0 Å². The number of carbonyl (C=O) groups excluding carboxylic acids is 1. The molecule has 4 rings (SSSR count). The molecule has 1 amide bonds. The number of amides is 1. The summed E-state index contributed by atoms with van der Waals surface area (Å²) in [6, 6.07) is 15.6. The third-order valence-corrected chi connectivity index (χ3v) is 5.71. The molecule has 6 heteroatoms. The normalized spacial score (nSPS) is 19.0. The summed E-state index contributed by atoms with van der Waals surface area (Å²) in [4.78, 5) is 16.9. The summed E-state index contributed by atoms with van der Waals surface area (Å²) in [5.41, 5.74) is 2.63. The number of fused-ring (bicyclic) bond motifs is 1. The van der Waals surface area contributed by atoms with Crippen LogP contribution < -0.4 is 15.4 Å². The van der Waals surface area contributed by atoms with Crippen molar-refractivity contribution in [3.63, 3.8) is 0 Å². The van der Waals surface area contributed by atoms with Gasteiger partial charge in [-0.2, -0.15) is 0 Å². The van der Waals surface area contributed by atoms with Crippen molar-refractivity contribution < 1.29 is 9.53 Å².